The molecule has 0 aliphatic carbocycles. The van der Waals surface area contributed by atoms with Crippen molar-refractivity contribution in [3.8, 4) is 0 Å². The van der Waals surface area contributed by atoms with E-state index in [1.54, 1.807) is 11.3 Å². The molecule has 3 heterocycles. The number of aryl methyl sites for hydroxylation is 2. The Bertz CT molecular complexity index is 818. The predicted octanol–water partition coefficient (Wildman–Crippen LogP) is 4.82. The predicted molar refractivity (Wildman–Crippen MR) is 88.6 cm³/mol. The minimum absolute atomic E-state index is 0.00764. The number of ketones is 1. The van der Waals surface area contributed by atoms with Crippen molar-refractivity contribution in [1.29, 1.82) is 0 Å². The zero-order valence-electron chi connectivity index (χ0n) is 11.6. The van der Waals surface area contributed by atoms with Crippen molar-refractivity contribution < 1.29 is 9.21 Å². The van der Waals surface area contributed by atoms with Gasteiger partial charge in [-0.3, -0.25) is 4.79 Å². The van der Waals surface area contributed by atoms with Crippen molar-refractivity contribution in [2.24, 2.45) is 0 Å². The van der Waals surface area contributed by atoms with Gasteiger partial charge in [0.2, 0.25) is 5.78 Å². The van der Waals surface area contributed by atoms with Crippen LogP contribution in [0.1, 0.15) is 31.4 Å². The Morgan fingerprint density at radius 2 is 2.14 bits per heavy atom. The number of hydrogen-bond donors (Lipinski definition) is 0. The largest absolute Gasteiger partial charge is 0.453 e. The van der Waals surface area contributed by atoms with E-state index >= 15 is 0 Å². The molecule has 4 heteroatoms. The van der Waals surface area contributed by atoms with Crippen LogP contribution in [-0.4, -0.2) is 11.5 Å². The molecule has 0 bridgehead atoms. The molecule has 106 valence electrons. The van der Waals surface area contributed by atoms with E-state index in [0.717, 1.165) is 33.8 Å². The number of rotatable bonds is 2. The van der Waals surface area contributed by atoms with Gasteiger partial charge in [-0.25, -0.2) is 0 Å². The standard InChI is InChI=1S/C17H14O2S2/c1-10-2-3-13-11(6-10)7-14(19-13)17(18)16-8-12-9-20-5-4-15(12)21-16/h2-3,6-8H,4-5,9H2,1H3. The first-order chi connectivity index (χ1) is 10.2. The first kappa shape index (κ1) is 13.2. The summed E-state index contributed by atoms with van der Waals surface area (Å²) in [6.07, 6.45) is 1.08. The van der Waals surface area contributed by atoms with Crippen LogP contribution < -0.4 is 0 Å². The van der Waals surface area contributed by atoms with E-state index in [0.29, 0.717) is 5.76 Å². The lowest BCUT2D eigenvalue weighted by Gasteiger charge is -2.08. The summed E-state index contributed by atoms with van der Waals surface area (Å²) in [7, 11) is 0. The van der Waals surface area contributed by atoms with E-state index < -0.39 is 0 Å². The van der Waals surface area contributed by atoms with E-state index in [4.69, 9.17) is 4.42 Å². The highest BCUT2D eigenvalue weighted by Gasteiger charge is 2.21. The van der Waals surface area contributed by atoms with E-state index in [9.17, 15) is 4.79 Å². The van der Waals surface area contributed by atoms with E-state index in [-0.39, 0.29) is 5.78 Å². The summed E-state index contributed by atoms with van der Waals surface area (Å²) in [4.78, 5) is 14.8. The molecular weight excluding hydrogens is 300 g/mol. The van der Waals surface area contributed by atoms with Crippen LogP contribution in [-0.2, 0) is 12.2 Å². The highest BCUT2D eigenvalue weighted by Crippen LogP contribution is 2.33. The monoisotopic (exact) mass is 314 g/mol. The summed E-state index contributed by atoms with van der Waals surface area (Å²) >= 11 is 3.56. The topological polar surface area (TPSA) is 30.2 Å². The van der Waals surface area contributed by atoms with Gasteiger partial charge in [-0.05, 0) is 48.9 Å². The van der Waals surface area contributed by atoms with E-state index in [1.165, 1.54) is 16.0 Å². The maximum atomic E-state index is 12.6. The fraction of sp³-hybridized carbons (Fsp3) is 0.235. The molecule has 0 fully saturated rings. The molecule has 0 spiro atoms. The van der Waals surface area contributed by atoms with Crippen LogP contribution in [0.4, 0.5) is 0 Å². The van der Waals surface area contributed by atoms with Gasteiger partial charge in [0.15, 0.2) is 5.76 Å². The quantitative estimate of drug-likeness (QED) is 0.635. The molecule has 1 aromatic carbocycles. The molecule has 2 aromatic heterocycles. The zero-order chi connectivity index (χ0) is 14.4. The number of hydrogen-bond acceptors (Lipinski definition) is 4. The molecule has 1 aliphatic rings. The van der Waals surface area contributed by atoms with Crippen LogP contribution in [0.2, 0.25) is 0 Å². The lowest BCUT2D eigenvalue weighted by molar-refractivity contribution is 0.101. The molecule has 0 N–H and O–H groups in total. The maximum absolute atomic E-state index is 12.6. The van der Waals surface area contributed by atoms with Gasteiger partial charge in [-0.2, -0.15) is 11.8 Å². The van der Waals surface area contributed by atoms with Crippen molar-refractivity contribution in [2.75, 3.05) is 5.75 Å². The lowest BCUT2D eigenvalue weighted by Crippen LogP contribution is -1.96. The van der Waals surface area contributed by atoms with Crippen molar-refractivity contribution in [3.05, 3.63) is 57.0 Å². The molecule has 21 heavy (non-hydrogen) atoms. The van der Waals surface area contributed by atoms with Crippen LogP contribution >= 0.6 is 23.1 Å². The summed E-state index contributed by atoms with van der Waals surface area (Å²) in [6.45, 7) is 2.04. The van der Waals surface area contributed by atoms with Gasteiger partial charge < -0.3 is 4.42 Å². The van der Waals surface area contributed by atoms with Crippen molar-refractivity contribution >= 4 is 39.9 Å². The SMILES string of the molecule is Cc1ccc2oc(C(=O)c3cc4c(s3)CCSC4)cc2c1. The van der Waals surface area contributed by atoms with Gasteiger partial charge in [0.1, 0.15) is 5.58 Å². The number of carbonyl (C=O) groups is 1. The maximum Gasteiger partial charge on any atom is 0.238 e. The second-order valence-corrected chi connectivity index (χ2v) is 7.58. The fourth-order valence-electron chi connectivity index (χ4n) is 2.66. The van der Waals surface area contributed by atoms with Crippen molar-refractivity contribution in [3.63, 3.8) is 0 Å². The van der Waals surface area contributed by atoms with Crippen LogP contribution in [0.5, 0.6) is 0 Å². The number of benzene rings is 1. The summed E-state index contributed by atoms with van der Waals surface area (Å²) < 4.78 is 5.72. The Kier molecular flexibility index (Phi) is 3.16. The third-order valence-electron chi connectivity index (χ3n) is 3.75. The average molecular weight is 314 g/mol. The number of furan rings is 1. The zero-order valence-corrected chi connectivity index (χ0v) is 13.3. The fourth-order valence-corrected chi connectivity index (χ4v) is 4.97. The highest BCUT2D eigenvalue weighted by atomic mass is 32.2. The van der Waals surface area contributed by atoms with Gasteiger partial charge in [0.05, 0.1) is 4.88 Å². The first-order valence-corrected chi connectivity index (χ1v) is 8.92. The molecule has 0 saturated carbocycles. The number of thiophene rings is 1. The Hall–Kier alpha value is -1.52. The minimum Gasteiger partial charge on any atom is -0.453 e. The molecule has 4 rings (SSSR count). The number of thioether (sulfide) groups is 1. The van der Waals surface area contributed by atoms with Crippen LogP contribution in [0.3, 0.4) is 0 Å². The summed E-state index contributed by atoms with van der Waals surface area (Å²) in [6, 6.07) is 9.88. The van der Waals surface area contributed by atoms with Crippen LogP contribution in [0, 0.1) is 6.92 Å². The molecule has 0 saturated heterocycles. The third-order valence-corrected chi connectivity index (χ3v) is 5.99. The van der Waals surface area contributed by atoms with Gasteiger partial charge in [-0.15, -0.1) is 11.3 Å². The number of carbonyl (C=O) groups excluding carboxylic acids is 1. The molecule has 3 aromatic rings. The van der Waals surface area contributed by atoms with E-state index in [2.05, 4.69) is 0 Å². The second kappa shape index (κ2) is 5.04. The molecule has 0 unspecified atom stereocenters. The normalized spacial score (nSPS) is 14.3. The summed E-state index contributed by atoms with van der Waals surface area (Å²) in [5.74, 6) is 2.64. The van der Waals surface area contributed by atoms with Gasteiger partial charge in [-0.1, -0.05) is 11.6 Å². The average Bonchev–Trinajstić information content (AvgIpc) is 3.09. The highest BCUT2D eigenvalue weighted by molar-refractivity contribution is 7.98. The molecule has 0 radical (unpaired) electrons. The van der Waals surface area contributed by atoms with Gasteiger partial charge >= 0.3 is 0 Å². The molecule has 0 atom stereocenters. The summed E-state index contributed by atoms with van der Waals surface area (Å²) in [5.41, 5.74) is 3.28. The van der Waals surface area contributed by atoms with Gasteiger partial charge in [0.25, 0.3) is 0 Å². The third kappa shape index (κ3) is 2.32. The van der Waals surface area contributed by atoms with Crippen LogP contribution in [0.25, 0.3) is 11.0 Å². The minimum atomic E-state index is 0.00764. The number of fused-ring (bicyclic) bond motifs is 2. The first-order valence-electron chi connectivity index (χ1n) is 6.95. The Morgan fingerprint density at radius 3 is 3.00 bits per heavy atom. The van der Waals surface area contributed by atoms with E-state index in [1.807, 2.05) is 49.0 Å². The molecule has 1 aliphatic heterocycles. The van der Waals surface area contributed by atoms with Crippen LogP contribution in [0.15, 0.2) is 34.7 Å². The van der Waals surface area contributed by atoms with Crippen molar-refractivity contribution in [2.45, 2.75) is 19.1 Å². The Balaban J connectivity index is 1.73. The summed E-state index contributed by atoms with van der Waals surface area (Å²) in [5, 5.41) is 0.996. The van der Waals surface area contributed by atoms with Crippen molar-refractivity contribution in [1.82, 2.24) is 0 Å². The second-order valence-electron chi connectivity index (χ2n) is 5.34. The van der Waals surface area contributed by atoms with Gasteiger partial charge in [0, 0.05) is 16.0 Å². The molecular formula is C17H14O2S2. The molecule has 2 nitrogen and oxygen atoms in total. The lowest BCUT2D eigenvalue weighted by atomic mass is 10.1. The molecule has 0 amide bonds. The smallest absolute Gasteiger partial charge is 0.238 e. The Labute approximate surface area is 131 Å². The Morgan fingerprint density at radius 1 is 1.24 bits per heavy atom.